The van der Waals surface area contributed by atoms with Crippen LogP contribution in [0.4, 0.5) is 0 Å². The van der Waals surface area contributed by atoms with Gasteiger partial charge in [-0.1, -0.05) is 13.0 Å². The summed E-state index contributed by atoms with van der Waals surface area (Å²) in [6, 6.07) is 7.16. The molecule has 1 aliphatic carbocycles. The molecule has 2 aliphatic rings. The summed E-state index contributed by atoms with van der Waals surface area (Å²) in [5.41, 5.74) is 0.406. The van der Waals surface area contributed by atoms with Gasteiger partial charge in [0.2, 0.25) is 5.91 Å². The smallest absolute Gasteiger partial charge is 0.272 e. The summed E-state index contributed by atoms with van der Waals surface area (Å²) in [5.74, 6) is 1.49. The first-order chi connectivity index (χ1) is 12.1. The number of aromatic nitrogens is 3. The van der Waals surface area contributed by atoms with Gasteiger partial charge in [-0.3, -0.25) is 9.59 Å². The molecule has 1 saturated carbocycles. The molecule has 0 unspecified atom stereocenters. The molecule has 25 heavy (non-hydrogen) atoms. The summed E-state index contributed by atoms with van der Waals surface area (Å²) in [6.45, 7) is 4.43. The van der Waals surface area contributed by atoms with Crippen LogP contribution >= 0.6 is 0 Å². The number of hydrogen-bond acceptors (Lipinski definition) is 4. The maximum Gasteiger partial charge on any atom is 0.272 e. The highest BCUT2D eigenvalue weighted by atomic mass is 16.2. The Kier molecular flexibility index (Phi) is 3.99. The number of amides is 2. The van der Waals surface area contributed by atoms with Crippen molar-refractivity contribution in [3.8, 4) is 5.82 Å². The maximum absolute atomic E-state index is 12.7. The zero-order valence-corrected chi connectivity index (χ0v) is 14.2. The number of carbonyl (C=O) groups is 2. The lowest BCUT2D eigenvalue weighted by molar-refractivity contribution is -0.134. The molecule has 3 heterocycles. The van der Waals surface area contributed by atoms with E-state index in [1.807, 2.05) is 23.1 Å². The van der Waals surface area contributed by atoms with E-state index in [1.54, 1.807) is 28.0 Å². The Morgan fingerprint density at radius 3 is 2.44 bits per heavy atom. The first-order valence-electron chi connectivity index (χ1n) is 8.68. The summed E-state index contributed by atoms with van der Waals surface area (Å²) in [6.07, 6.45) is 4.47. The summed E-state index contributed by atoms with van der Waals surface area (Å²) < 4.78 is 1.63. The third-order valence-corrected chi connectivity index (χ3v) is 5.00. The Bertz CT molecular complexity index is 781. The van der Waals surface area contributed by atoms with Gasteiger partial charge >= 0.3 is 0 Å². The molecule has 0 bridgehead atoms. The molecule has 0 N–H and O–H groups in total. The molecule has 2 amide bonds. The maximum atomic E-state index is 12.7. The Labute approximate surface area is 146 Å². The first kappa shape index (κ1) is 15.8. The second kappa shape index (κ2) is 6.31. The predicted molar refractivity (Wildman–Crippen MR) is 91.1 cm³/mol. The average molecular weight is 339 g/mol. The molecule has 7 nitrogen and oxygen atoms in total. The molecule has 4 rings (SSSR count). The van der Waals surface area contributed by atoms with Crippen LogP contribution in [-0.2, 0) is 4.79 Å². The van der Waals surface area contributed by atoms with Crippen molar-refractivity contribution in [2.45, 2.75) is 13.3 Å². The Morgan fingerprint density at radius 1 is 1.08 bits per heavy atom. The zero-order chi connectivity index (χ0) is 17.4. The first-order valence-corrected chi connectivity index (χ1v) is 8.68. The molecule has 0 spiro atoms. The molecule has 2 atom stereocenters. The van der Waals surface area contributed by atoms with Crippen molar-refractivity contribution < 1.29 is 9.59 Å². The second-order valence-electron chi connectivity index (χ2n) is 6.77. The standard InChI is InChI=1S/C18H21N5O2/c1-13-12-14(13)17(24)21-8-10-22(11-9-21)18(25)15-4-2-5-16(20-15)23-7-3-6-19-23/h2-7,13-14H,8-12H2,1H3/t13-,14-/m0/s1. The van der Waals surface area contributed by atoms with Crippen molar-refractivity contribution in [3.63, 3.8) is 0 Å². The van der Waals surface area contributed by atoms with Crippen molar-refractivity contribution in [2.75, 3.05) is 26.2 Å². The molecule has 2 fully saturated rings. The van der Waals surface area contributed by atoms with Crippen molar-refractivity contribution in [2.24, 2.45) is 11.8 Å². The van der Waals surface area contributed by atoms with Crippen LogP contribution in [0.2, 0.25) is 0 Å². The molecular formula is C18H21N5O2. The van der Waals surface area contributed by atoms with Gasteiger partial charge in [0.25, 0.3) is 5.91 Å². The Balaban J connectivity index is 1.41. The molecule has 130 valence electrons. The van der Waals surface area contributed by atoms with E-state index in [4.69, 9.17) is 0 Å². The molecule has 2 aromatic heterocycles. The summed E-state index contributed by atoms with van der Waals surface area (Å²) in [7, 11) is 0. The van der Waals surface area contributed by atoms with Gasteiger partial charge in [0.1, 0.15) is 5.69 Å². The third kappa shape index (κ3) is 3.14. The van der Waals surface area contributed by atoms with Crippen molar-refractivity contribution in [3.05, 3.63) is 42.4 Å². The summed E-state index contributed by atoms with van der Waals surface area (Å²) in [4.78, 5) is 33.1. The van der Waals surface area contributed by atoms with E-state index >= 15 is 0 Å². The molecule has 1 saturated heterocycles. The highest BCUT2D eigenvalue weighted by Crippen LogP contribution is 2.39. The molecule has 7 heteroatoms. The average Bonchev–Trinajstić information content (AvgIpc) is 3.14. The predicted octanol–water partition coefficient (Wildman–Crippen LogP) is 1.21. The van der Waals surface area contributed by atoms with Gasteiger partial charge < -0.3 is 9.80 Å². The fraction of sp³-hybridized carbons (Fsp3) is 0.444. The van der Waals surface area contributed by atoms with E-state index in [1.165, 1.54) is 0 Å². The SMILES string of the molecule is C[C@H]1C[C@@H]1C(=O)N1CCN(C(=O)c2cccc(-n3cccn3)n2)CC1. The molecule has 0 aromatic carbocycles. The van der Waals surface area contributed by atoms with Crippen LogP contribution in [0, 0.1) is 11.8 Å². The van der Waals surface area contributed by atoms with E-state index in [0.717, 1.165) is 6.42 Å². The van der Waals surface area contributed by atoms with Crippen molar-refractivity contribution in [1.29, 1.82) is 0 Å². The minimum atomic E-state index is -0.0964. The highest BCUT2D eigenvalue weighted by molar-refractivity contribution is 5.92. The lowest BCUT2D eigenvalue weighted by Gasteiger charge is -2.34. The van der Waals surface area contributed by atoms with E-state index in [0.29, 0.717) is 43.6 Å². The van der Waals surface area contributed by atoms with Gasteiger partial charge in [-0.15, -0.1) is 0 Å². The van der Waals surface area contributed by atoms with E-state index in [-0.39, 0.29) is 17.7 Å². The van der Waals surface area contributed by atoms with Crippen molar-refractivity contribution >= 4 is 11.8 Å². The highest BCUT2D eigenvalue weighted by Gasteiger charge is 2.42. The number of piperazine rings is 1. The number of rotatable bonds is 3. The molecule has 2 aromatic rings. The number of pyridine rings is 1. The fourth-order valence-corrected chi connectivity index (χ4v) is 3.27. The quantitative estimate of drug-likeness (QED) is 0.843. The van der Waals surface area contributed by atoms with E-state index in [9.17, 15) is 9.59 Å². The van der Waals surface area contributed by atoms with Gasteiger partial charge in [-0.05, 0) is 30.5 Å². The largest absolute Gasteiger partial charge is 0.339 e. The third-order valence-electron chi connectivity index (χ3n) is 5.00. The number of carbonyl (C=O) groups excluding carboxylic acids is 2. The monoisotopic (exact) mass is 339 g/mol. The van der Waals surface area contributed by atoms with Crippen LogP contribution in [0.3, 0.4) is 0 Å². The molecule has 1 aliphatic heterocycles. The number of hydrogen-bond donors (Lipinski definition) is 0. The topological polar surface area (TPSA) is 71.3 Å². The van der Waals surface area contributed by atoms with Gasteiger partial charge in [-0.2, -0.15) is 5.10 Å². The van der Waals surface area contributed by atoms with E-state index < -0.39 is 0 Å². The molecule has 0 radical (unpaired) electrons. The van der Waals surface area contributed by atoms with Crippen LogP contribution in [0.25, 0.3) is 5.82 Å². The molecular weight excluding hydrogens is 318 g/mol. The van der Waals surface area contributed by atoms with Gasteiger partial charge in [-0.25, -0.2) is 9.67 Å². The van der Waals surface area contributed by atoms with Crippen LogP contribution in [0.5, 0.6) is 0 Å². The summed E-state index contributed by atoms with van der Waals surface area (Å²) >= 11 is 0. The van der Waals surface area contributed by atoms with Crippen LogP contribution in [0.15, 0.2) is 36.7 Å². The fourth-order valence-electron chi connectivity index (χ4n) is 3.27. The van der Waals surface area contributed by atoms with Gasteiger partial charge in [0.15, 0.2) is 5.82 Å². The van der Waals surface area contributed by atoms with Gasteiger partial charge in [0.05, 0.1) is 0 Å². The van der Waals surface area contributed by atoms with Crippen LogP contribution < -0.4 is 0 Å². The minimum absolute atomic E-state index is 0.0964. The number of nitrogens with zero attached hydrogens (tertiary/aromatic N) is 5. The Hall–Kier alpha value is -2.70. The Morgan fingerprint density at radius 2 is 1.80 bits per heavy atom. The normalized spacial score (nSPS) is 22.8. The van der Waals surface area contributed by atoms with E-state index in [2.05, 4.69) is 17.0 Å². The van der Waals surface area contributed by atoms with Crippen LogP contribution in [-0.4, -0.2) is 62.6 Å². The lowest BCUT2D eigenvalue weighted by Crippen LogP contribution is -2.51. The minimum Gasteiger partial charge on any atom is -0.339 e. The summed E-state index contributed by atoms with van der Waals surface area (Å²) in [5, 5.41) is 4.14. The lowest BCUT2D eigenvalue weighted by atomic mass is 10.2. The van der Waals surface area contributed by atoms with Crippen LogP contribution in [0.1, 0.15) is 23.8 Å². The zero-order valence-electron chi connectivity index (χ0n) is 14.2. The van der Waals surface area contributed by atoms with Crippen molar-refractivity contribution in [1.82, 2.24) is 24.6 Å². The second-order valence-corrected chi connectivity index (χ2v) is 6.77. The van der Waals surface area contributed by atoms with Gasteiger partial charge in [0, 0.05) is 44.5 Å².